The molecule has 1 atom stereocenters. The molecule has 1 aliphatic heterocycles. The quantitative estimate of drug-likeness (QED) is 0.811. The van der Waals surface area contributed by atoms with Gasteiger partial charge in [0.25, 0.3) is 0 Å². The first-order valence-corrected chi connectivity index (χ1v) is 6.99. The van der Waals surface area contributed by atoms with E-state index in [-0.39, 0.29) is 0 Å². The lowest BCUT2D eigenvalue weighted by Crippen LogP contribution is -2.20. The van der Waals surface area contributed by atoms with Crippen LogP contribution in [-0.2, 0) is 0 Å². The number of rotatable bonds is 3. The summed E-state index contributed by atoms with van der Waals surface area (Å²) in [7, 11) is 0. The highest BCUT2D eigenvalue weighted by Crippen LogP contribution is 2.46. The van der Waals surface area contributed by atoms with Gasteiger partial charge in [-0.1, -0.05) is 19.8 Å². The molecular formula is C13H20N2OS. The van der Waals surface area contributed by atoms with Crippen molar-refractivity contribution >= 4 is 23.1 Å². The van der Waals surface area contributed by atoms with Gasteiger partial charge in [-0.3, -0.25) is 0 Å². The van der Waals surface area contributed by atoms with Crippen LogP contribution in [0.15, 0.2) is 11.0 Å². The first-order chi connectivity index (χ1) is 8.13. The molecule has 0 aromatic heterocycles. The maximum atomic E-state index is 6.05. The number of aryl methyl sites for hydroxylation is 1. The molecule has 0 spiro atoms. The maximum Gasteiger partial charge on any atom is 0.158 e. The molecule has 0 bridgehead atoms. The molecule has 1 heterocycles. The van der Waals surface area contributed by atoms with E-state index in [0.717, 1.165) is 34.2 Å². The number of thioether (sulfide) groups is 1. The van der Waals surface area contributed by atoms with Crippen LogP contribution in [0.3, 0.4) is 0 Å². The topological polar surface area (TPSA) is 61.3 Å². The lowest BCUT2D eigenvalue weighted by atomic mass is 10.1. The number of fused-ring (bicyclic) bond motifs is 1. The predicted octanol–water partition coefficient (Wildman–Crippen LogP) is 3.20. The zero-order valence-corrected chi connectivity index (χ0v) is 11.3. The van der Waals surface area contributed by atoms with Crippen molar-refractivity contribution in [2.24, 2.45) is 0 Å². The minimum absolute atomic E-state index is 0.506. The van der Waals surface area contributed by atoms with Crippen LogP contribution in [-0.4, -0.2) is 11.9 Å². The molecule has 3 nitrogen and oxygen atoms in total. The third-order valence-corrected chi connectivity index (χ3v) is 4.45. The van der Waals surface area contributed by atoms with E-state index in [1.807, 2.05) is 24.8 Å². The fraction of sp³-hybridized carbons (Fsp3) is 0.538. The summed E-state index contributed by atoms with van der Waals surface area (Å²) in [5, 5.41) is 0.506. The molecule has 0 aliphatic carbocycles. The summed E-state index contributed by atoms with van der Waals surface area (Å²) in [4.78, 5) is 1.03. The van der Waals surface area contributed by atoms with E-state index < -0.39 is 0 Å². The molecule has 0 saturated heterocycles. The molecule has 1 aliphatic rings. The van der Waals surface area contributed by atoms with Gasteiger partial charge in [-0.05, 0) is 25.0 Å². The van der Waals surface area contributed by atoms with Gasteiger partial charge in [-0.2, -0.15) is 0 Å². The molecule has 0 saturated carbocycles. The number of anilines is 2. The van der Waals surface area contributed by atoms with Gasteiger partial charge in [0.2, 0.25) is 0 Å². The van der Waals surface area contributed by atoms with Crippen molar-refractivity contribution in [3.63, 3.8) is 0 Å². The van der Waals surface area contributed by atoms with Crippen molar-refractivity contribution in [2.75, 3.05) is 18.1 Å². The highest BCUT2D eigenvalue weighted by Gasteiger charge is 2.24. The molecule has 4 N–H and O–H groups in total. The molecule has 2 rings (SSSR count). The molecular weight excluding hydrogens is 232 g/mol. The average molecular weight is 252 g/mol. The smallest absolute Gasteiger partial charge is 0.158 e. The van der Waals surface area contributed by atoms with E-state index in [2.05, 4.69) is 6.92 Å². The number of unbranched alkanes of at least 4 members (excludes halogenated alkanes) is 1. The van der Waals surface area contributed by atoms with Crippen LogP contribution in [0.1, 0.15) is 31.7 Å². The monoisotopic (exact) mass is 252 g/mol. The Kier molecular flexibility index (Phi) is 3.72. The highest BCUT2D eigenvalue weighted by molar-refractivity contribution is 8.00. The van der Waals surface area contributed by atoms with Crippen LogP contribution < -0.4 is 16.2 Å². The van der Waals surface area contributed by atoms with Gasteiger partial charge >= 0.3 is 0 Å². The number of ether oxygens (including phenoxy) is 1. The number of hydrogen-bond acceptors (Lipinski definition) is 4. The van der Waals surface area contributed by atoms with Gasteiger partial charge in [-0.25, -0.2) is 0 Å². The van der Waals surface area contributed by atoms with E-state index in [4.69, 9.17) is 16.2 Å². The molecule has 94 valence electrons. The Morgan fingerprint density at radius 3 is 2.94 bits per heavy atom. The van der Waals surface area contributed by atoms with Crippen molar-refractivity contribution in [2.45, 2.75) is 43.3 Å². The minimum Gasteiger partial charge on any atom is -0.489 e. The molecule has 17 heavy (non-hydrogen) atoms. The summed E-state index contributed by atoms with van der Waals surface area (Å²) in [6.45, 7) is 4.91. The second-order valence-corrected chi connectivity index (χ2v) is 5.86. The van der Waals surface area contributed by atoms with Crippen LogP contribution >= 0.6 is 11.8 Å². The molecule has 0 radical (unpaired) electrons. The van der Waals surface area contributed by atoms with Gasteiger partial charge in [-0.15, -0.1) is 11.8 Å². The van der Waals surface area contributed by atoms with E-state index in [1.54, 1.807) is 0 Å². The third-order valence-electron chi connectivity index (χ3n) is 3.09. The normalized spacial score (nSPS) is 18.6. The second kappa shape index (κ2) is 5.08. The number of nitrogens with two attached hydrogens (primary N) is 2. The summed E-state index contributed by atoms with van der Waals surface area (Å²) >= 11 is 1.82. The summed E-state index contributed by atoms with van der Waals surface area (Å²) in [5.41, 5.74) is 14.6. The first kappa shape index (κ1) is 12.4. The molecule has 1 unspecified atom stereocenters. The molecule has 4 heteroatoms. The van der Waals surface area contributed by atoms with Crippen LogP contribution in [0.2, 0.25) is 0 Å². The predicted molar refractivity (Wildman–Crippen MR) is 74.7 cm³/mol. The maximum absolute atomic E-state index is 6.05. The Hall–Kier alpha value is -1.03. The summed E-state index contributed by atoms with van der Waals surface area (Å²) in [5.74, 6) is 0.792. The van der Waals surface area contributed by atoms with Gasteiger partial charge in [0.15, 0.2) is 5.75 Å². The fourth-order valence-electron chi connectivity index (χ4n) is 2.02. The van der Waals surface area contributed by atoms with Crippen molar-refractivity contribution < 1.29 is 4.74 Å². The van der Waals surface area contributed by atoms with Gasteiger partial charge < -0.3 is 16.2 Å². The SMILES string of the molecule is CCCCC1COc2c(N)c(C)cc(N)c2S1. The van der Waals surface area contributed by atoms with Crippen LogP contribution in [0.25, 0.3) is 0 Å². The number of benzene rings is 1. The zero-order valence-electron chi connectivity index (χ0n) is 10.5. The Morgan fingerprint density at radius 2 is 2.24 bits per heavy atom. The Balaban J connectivity index is 2.23. The Bertz CT molecular complexity index is 420. The van der Waals surface area contributed by atoms with Gasteiger partial charge in [0, 0.05) is 10.9 Å². The van der Waals surface area contributed by atoms with Crippen LogP contribution in [0.4, 0.5) is 11.4 Å². The highest BCUT2D eigenvalue weighted by atomic mass is 32.2. The van der Waals surface area contributed by atoms with E-state index >= 15 is 0 Å². The van der Waals surface area contributed by atoms with Crippen LogP contribution in [0, 0.1) is 6.92 Å². The lowest BCUT2D eigenvalue weighted by Gasteiger charge is -2.27. The van der Waals surface area contributed by atoms with E-state index in [1.165, 1.54) is 19.3 Å². The summed E-state index contributed by atoms with van der Waals surface area (Å²) in [6.07, 6.45) is 3.63. The fourth-order valence-corrected chi connectivity index (χ4v) is 3.25. The summed E-state index contributed by atoms with van der Waals surface area (Å²) in [6, 6.07) is 1.94. The summed E-state index contributed by atoms with van der Waals surface area (Å²) < 4.78 is 5.80. The van der Waals surface area contributed by atoms with Crippen LogP contribution in [0.5, 0.6) is 5.75 Å². The number of hydrogen-bond donors (Lipinski definition) is 2. The lowest BCUT2D eigenvalue weighted by molar-refractivity contribution is 0.298. The van der Waals surface area contributed by atoms with Crippen molar-refractivity contribution in [1.82, 2.24) is 0 Å². The van der Waals surface area contributed by atoms with Crippen molar-refractivity contribution in [3.05, 3.63) is 11.6 Å². The first-order valence-electron chi connectivity index (χ1n) is 6.11. The molecule has 1 aromatic carbocycles. The van der Waals surface area contributed by atoms with Gasteiger partial charge in [0.1, 0.15) is 6.61 Å². The second-order valence-electron chi connectivity index (χ2n) is 4.55. The van der Waals surface area contributed by atoms with Gasteiger partial charge in [0.05, 0.1) is 10.6 Å². The molecule has 0 amide bonds. The zero-order chi connectivity index (χ0) is 12.4. The van der Waals surface area contributed by atoms with Crippen molar-refractivity contribution in [1.29, 1.82) is 0 Å². The standard InChI is InChI=1S/C13H20N2OS/c1-3-4-5-9-7-16-12-11(15)8(2)6-10(14)13(12)17-9/h6,9H,3-5,7,14-15H2,1-2H3. The Labute approximate surface area is 107 Å². The largest absolute Gasteiger partial charge is 0.489 e. The van der Waals surface area contributed by atoms with E-state index in [9.17, 15) is 0 Å². The third kappa shape index (κ3) is 2.46. The molecule has 1 aromatic rings. The Morgan fingerprint density at radius 1 is 1.47 bits per heavy atom. The average Bonchev–Trinajstić information content (AvgIpc) is 2.33. The molecule has 0 fully saturated rings. The van der Waals surface area contributed by atoms with Crippen molar-refractivity contribution in [3.8, 4) is 5.75 Å². The van der Waals surface area contributed by atoms with E-state index in [0.29, 0.717) is 5.25 Å². The number of nitrogen functional groups attached to an aromatic ring is 2. The minimum atomic E-state index is 0.506.